The fourth-order valence-electron chi connectivity index (χ4n) is 5.38. The van der Waals surface area contributed by atoms with Crippen LogP contribution < -0.4 is 10.1 Å². The highest BCUT2D eigenvalue weighted by molar-refractivity contribution is 5.96. The van der Waals surface area contributed by atoms with E-state index in [1.807, 2.05) is 36.5 Å². The van der Waals surface area contributed by atoms with Crippen LogP contribution in [0.1, 0.15) is 41.1 Å². The Morgan fingerprint density at radius 3 is 2.73 bits per heavy atom. The molecule has 0 amide bonds. The average Bonchev–Trinajstić information content (AvgIpc) is 3.16. The summed E-state index contributed by atoms with van der Waals surface area (Å²) < 4.78 is 36.7. The predicted octanol–water partition coefficient (Wildman–Crippen LogP) is 5.96. The Balaban J connectivity index is 1.49. The van der Waals surface area contributed by atoms with Crippen LogP contribution in [0.25, 0.3) is 22.7 Å². The number of aromatic nitrogens is 2. The molecule has 3 heterocycles. The van der Waals surface area contributed by atoms with Gasteiger partial charge < -0.3 is 14.2 Å². The number of nitrogens with one attached hydrogen (secondary N) is 1. The van der Waals surface area contributed by atoms with Crippen molar-refractivity contribution < 1.29 is 13.5 Å². The lowest BCUT2D eigenvalue weighted by atomic mass is 9.92. The van der Waals surface area contributed by atoms with Crippen molar-refractivity contribution in [2.45, 2.75) is 25.5 Å². The fourth-order valence-corrected chi connectivity index (χ4v) is 5.38. The van der Waals surface area contributed by atoms with Crippen molar-refractivity contribution in [3.05, 3.63) is 88.5 Å². The van der Waals surface area contributed by atoms with E-state index in [4.69, 9.17) is 9.72 Å². The van der Waals surface area contributed by atoms with Gasteiger partial charge in [0, 0.05) is 23.2 Å². The van der Waals surface area contributed by atoms with E-state index < -0.39 is 5.82 Å². The second kappa shape index (κ2) is 9.34. The lowest BCUT2D eigenvalue weighted by molar-refractivity contribution is 0.225. The number of nitriles is 1. The molecule has 1 aromatic heterocycles. The Kier molecular flexibility index (Phi) is 5.85. The lowest BCUT2D eigenvalue weighted by Gasteiger charge is -2.30. The average molecular weight is 498 g/mol. The number of hydrogen-bond donors (Lipinski definition) is 1. The van der Waals surface area contributed by atoms with E-state index in [1.165, 1.54) is 18.2 Å². The van der Waals surface area contributed by atoms with E-state index in [0.717, 1.165) is 48.1 Å². The van der Waals surface area contributed by atoms with Crippen molar-refractivity contribution in [2.75, 3.05) is 25.5 Å². The Bertz CT molecular complexity index is 1580. The Morgan fingerprint density at radius 1 is 1.08 bits per heavy atom. The van der Waals surface area contributed by atoms with Crippen molar-refractivity contribution >= 4 is 28.6 Å². The Hall–Kier alpha value is -4.22. The van der Waals surface area contributed by atoms with Crippen LogP contribution in [0.4, 0.5) is 14.7 Å². The van der Waals surface area contributed by atoms with E-state index in [1.54, 1.807) is 12.1 Å². The van der Waals surface area contributed by atoms with Gasteiger partial charge in [0.25, 0.3) is 0 Å². The Labute approximate surface area is 213 Å². The normalized spacial score (nSPS) is 17.1. The van der Waals surface area contributed by atoms with Crippen LogP contribution in [0.5, 0.6) is 5.75 Å². The summed E-state index contributed by atoms with van der Waals surface area (Å²) in [6, 6.07) is 15.5. The van der Waals surface area contributed by atoms with Gasteiger partial charge in [-0.3, -0.25) is 5.32 Å². The zero-order valence-corrected chi connectivity index (χ0v) is 20.3. The molecule has 37 heavy (non-hydrogen) atoms. The zero-order chi connectivity index (χ0) is 25.5. The molecule has 0 aliphatic carbocycles. The molecule has 0 atom stereocenters. The number of benzene rings is 3. The van der Waals surface area contributed by atoms with Crippen LogP contribution in [0, 0.1) is 23.1 Å². The number of anilines is 1. The van der Waals surface area contributed by atoms with E-state index in [2.05, 4.69) is 21.8 Å². The van der Waals surface area contributed by atoms with Gasteiger partial charge in [-0.25, -0.2) is 13.8 Å². The van der Waals surface area contributed by atoms with E-state index in [9.17, 15) is 14.0 Å². The molecule has 3 aromatic carbocycles. The maximum absolute atomic E-state index is 14.8. The molecule has 4 aromatic rings. The lowest BCUT2D eigenvalue weighted by Crippen LogP contribution is -2.31. The van der Waals surface area contributed by atoms with Crippen LogP contribution in [0.3, 0.4) is 0 Å². The van der Waals surface area contributed by atoms with Gasteiger partial charge in [0.2, 0.25) is 5.95 Å². The summed E-state index contributed by atoms with van der Waals surface area (Å²) in [4.78, 5) is 7.04. The Morgan fingerprint density at radius 2 is 1.92 bits per heavy atom. The van der Waals surface area contributed by atoms with E-state index in [0.29, 0.717) is 28.4 Å². The van der Waals surface area contributed by atoms with Crippen LogP contribution >= 0.6 is 0 Å². The number of halogens is 2. The molecule has 2 aliphatic rings. The monoisotopic (exact) mass is 497 g/mol. The van der Waals surface area contributed by atoms with Gasteiger partial charge in [-0.1, -0.05) is 18.2 Å². The number of hydrogen-bond acceptors (Lipinski definition) is 5. The summed E-state index contributed by atoms with van der Waals surface area (Å²) in [5.41, 5.74) is 5.13. The van der Waals surface area contributed by atoms with Gasteiger partial charge in [-0.15, -0.1) is 0 Å². The third-order valence-electron chi connectivity index (χ3n) is 7.26. The smallest absolute Gasteiger partial charge is 0.217 e. The van der Waals surface area contributed by atoms with E-state index >= 15 is 0 Å². The highest BCUT2D eigenvalue weighted by Gasteiger charge is 2.25. The highest BCUT2D eigenvalue weighted by Crippen LogP contribution is 2.39. The molecule has 1 saturated heterocycles. The number of imidazole rings is 1. The molecule has 1 N–H and O–H groups in total. The van der Waals surface area contributed by atoms with Crippen LogP contribution in [0.2, 0.25) is 0 Å². The zero-order valence-electron chi connectivity index (χ0n) is 20.3. The molecule has 0 radical (unpaired) electrons. The number of nitrogens with zero attached hydrogens (tertiary/aromatic N) is 4. The quantitative estimate of drug-likeness (QED) is 0.280. The number of likely N-dealkylation sites (tertiary alicyclic amines) is 1. The molecular weight excluding hydrogens is 472 g/mol. The van der Waals surface area contributed by atoms with Gasteiger partial charge in [-0.05, 0) is 86.1 Å². The third-order valence-corrected chi connectivity index (χ3v) is 7.26. The number of rotatable bonds is 3. The number of piperidine rings is 1. The summed E-state index contributed by atoms with van der Waals surface area (Å²) in [5.74, 6) is 0.127. The largest absolute Gasteiger partial charge is 0.488 e. The van der Waals surface area contributed by atoms with Crippen LogP contribution in [-0.4, -0.2) is 34.6 Å². The maximum atomic E-state index is 14.8. The van der Waals surface area contributed by atoms with Crippen molar-refractivity contribution in [1.82, 2.24) is 14.5 Å². The number of fused-ring (bicyclic) bond motifs is 3. The summed E-state index contributed by atoms with van der Waals surface area (Å²) >= 11 is 0. The van der Waals surface area contributed by atoms with Gasteiger partial charge in [-0.2, -0.15) is 5.26 Å². The third kappa shape index (κ3) is 4.21. The molecule has 8 heteroatoms. The molecule has 0 saturated carbocycles. The molecule has 186 valence electrons. The van der Waals surface area contributed by atoms with Crippen LogP contribution in [-0.2, 0) is 6.61 Å². The molecule has 0 spiro atoms. The summed E-state index contributed by atoms with van der Waals surface area (Å²) in [7, 11) is 2.12. The highest BCUT2D eigenvalue weighted by atomic mass is 19.1. The molecule has 6 nitrogen and oxygen atoms in total. The van der Waals surface area contributed by atoms with Crippen LogP contribution in [0.15, 0.2) is 54.6 Å². The summed E-state index contributed by atoms with van der Waals surface area (Å²) in [6.07, 6.45) is 5.92. The molecule has 2 aliphatic heterocycles. The SMILES string of the molecule is CN1CCC(n2c(NC#N)nc3cc(/C=C4/c5ccc(F)cc5OCc5c(F)cccc54)ccc32)CC1. The predicted molar refractivity (Wildman–Crippen MR) is 139 cm³/mol. The summed E-state index contributed by atoms with van der Waals surface area (Å²) in [6.45, 7) is 1.98. The van der Waals surface area contributed by atoms with Crippen molar-refractivity contribution in [1.29, 1.82) is 5.26 Å². The number of ether oxygens (including phenoxy) is 1. The minimum absolute atomic E-state index is 0.0129. The first-order chi connectivity index (χ1) is 18.0. The van der Waals surface area contributed by atoms with E-state index in [-0.39, 0.29) is 18.5 Å². The van der Waals surface area contributed by atoms with Gasteiger partial charge >= 0.3 is 0 Å². The molecule has 6 rings (SSSR count). The van der Waals surface area contributed by atoms with Gasteiger partial charge in [0.15, 0.2) is 6.19 Å². The topological polar surface area (TPSA) is 66.1 Å². The second-order valence-electron chi connectivity index (χ2n) is 9.58. The van der Waals surface area contributed by atoms with Crippen molar-refractivity contribution in [3.8, 4) is 11.9 Å². The van der Waals surface area contributed by atoms with Gasteiger partial charge in [0.1, 0.15) is 24.0 Å². The molecule has 1 fully saturated rings. The second-order valence-corrected chi connectivity index (χ2v) is 9.58. The van der Waals surface area contributed by atoms with Gasteiger partial charge in [0.05, 0.1) is 11.0 Å². The first-order valence-electron chi connectivity index (χ1n) is 12.3. The standard InChI is InChI=1S/C29H25F2N5O/c1-35-11-9-20(10-12-35)36-27-8-5-18(14-26(27)34-29(36)33-17-32)13-23-21-3-2-4-25(31)24(21)16-37-28-15-19(30)6-7-22(23)28/h2-8,13-15,20H,9-12,16H2,1H3,(H,33,34)/b23-13+. The minimum atomic E-state index is -0.414. The fraction of sp³-hybridized carbons (Fsp3) is 0.241. The molecule has 0 bridgehead atoms. The first kappa shape index (κ1) is 23.2. The summed E-state index contributed by atoms with van der Waals surface area (Å²) in [5, 5.41) is 12.1. The van der Waals surface area contributed by atoms with Crippen molar-refractivity contribution in [3.63, 3.8) is 0 Å². The maximum Gasteiger partial charge on any atom is 0.217 e. The molecular formula is C29H25F2N5O. The minimum Gasteiger partial charge on any atom is -0.488 e. The first-order valence-corrected chi connectivity index (χ1v) is 12.3. The van der Waals surface area contributed by atoms with Crippen molar-refractivity contribution in [2.24, 2.45) is 0 Å². The molecule has 0 unspecified atom stereocenters.